The van der Waals surface area contributed by atoms with Crippen molar-refractivity contribution in [2.24, 2.45) is 0 Å². The van der Waals surface area contributed by atoms with Gasteiger partial charge in [0.15, 0.2) is 0 Å². The molecule has 2 aromatic heterocycles. The van der Waals surface area contributed by atoms with Crippen molar-refractivity contribution in [2.75, 3.05) is 5.32 Å². The zero-order chi connectivity index (χ0) is 17.2. The van der Waals surface area contributed by atoms with Crippen LogP contribution in [-0.2, 0) is 0 Å². The van der Waals surface area contributed by atoms with Gasteiger partial charge in [0.05, 0.1) is 10.1 Å². The van der Waals surface area contributed by atoms with Gasteiger partial charge in [-0.3, -0.25) is 4.40 Å². The summed E-state index contributed by atoms with van der Waals surface area (Å²) in [5.41, 5.74) is 2.65. The van der Waals surface area contributed by atoms with E-state index < -0.39 is 0 Å². The van der Waals surface area contributed by atoms with E-state index in [0.29, 0.717) is 16.1 Å². The van der Waals surface area contributed by atoms with Gasteiger partial charge in [-0.1, -0.05) is 66.4 Å². The smallest absolute Gasteiger partial charge is 0.140 e. The lowest BCUT2D eigenvalue weighted by molar-refractivity contribution is 0.748. The van der Waals surface area contributed by atoms with Crippen LogP contribution in [0.3, 0.4) is 0 Å². The number of hydrogen-bond donors (Lipinski definition) is 1. The largest absolute Gasteiger partial charge is 0.367 e. The molecule has 1 aliphatic carbocycles. The number of anilines is 1. The van der Waals surface area contributed by atoms with Gasteiger partial charge in [0.1, 0.15) is 17.2 Å². The predicted octanol–water partition coefficient (Wildman–Crippen LogP) is 6.08. The molecule has 0 atom stereocenters. The molecule has 3 aromatic rings. The molecule has 2 heterocycles. The van der Waals surface area contributed by atoms with Crippen LogP contribution in [0.5, 0.6) is 0 Å². The molecule has 25 heavy (non-hydrogen) atoms. The Kier molecular flexibility index (Phi) is 4.69. The first-order chi connectivity index (χ1) is 12.2. The molecule has 1 N–H and O–H groups in total. The number of hydrogen-bond acceptors (Lipinski definition) is 2. The number of nitrogens with one attached hydrogen (secondary N) is 1. The van der Waals surface area contributed by atoms with Gasteiger partial charge in [-0.15, -0.1) is 0 Å². The van der Waals surface area contributed by atoms with E-state index in [-0.39, 0.29) is 0 Å². The number of aromatic nitrogens is 2. The summed E-state index contributed by atoms with van der Waals surface area (Å²) in [5.74, 6) is 0.918. The zero-order valence-corrected chi connectivity index (χ0v) is 15.3. The molecule has 3 nitrogen and oxygen atoms in total. The molecular formula is C20H19Cl2N3. The molecule has 5 heteroatoms. The van der Waals surface area contributed by atoms with E-state index in [4.69, 9.17) is 28.2 Å². The van der Waals surface area contributed by atoms with E-state index in [1.807, 2.05) is 59.1 Å². The second-order valence-electron chi connectivity index (χ2n) is 6.41. The molecule has 1 saturated carbocycles. The number of imidazole rings is 1. The Balaban J connectivity index is 1.80. The van der Waals surface area contributed by atoms with Gasteiger partial charge in [0.2, 0.25) is 0 Å². The Morgan fingerprint density at radius 3 is 2.64 bits per heavy atom. The second-order valence-corrected chi connectivity index (χ2v) is 7.26. The quantitative estimate of drug-likeness (QED) is 0.601. The van der Waals surface area contributed by atoms with Gasteiger partial charge in [-0.2, -0.15) is 0 Å². The van der Waals surface area contributed by atoms with E-state index in [0.717, 1.165) is 22.7 Å². The summed E-state index contributed by atoms with van der Waals surface area (Å²) >= 11 is 12.9. The lowest BCUT2D eigenvalue weighted by Crippen LogP contribution is -2.16. The molecule has 128 valence electrons. The van der Waals surface area contributed by atoms with Crippen LogP contribution in [0.4, 0.5) is 5.82 Å². The lowest BCUT2D eigenvalue weighted by Gasteiger charge is -2.14. The van der Waals surface area contributed by atoms with Gasteiger partial charge >= 0.3 is 0 Å². The third-order valence-corrected chi connectivity index (χ3v) is 5.11. The third-order valence-electron chi connectivity index (χ3n) is 4.60. The minimum absolute atomic E-state index is 0.457. The second kappa shape index (κ2) is 7.11. The summed E-state index contributed by atoms with van der Waals surface area (Å²) in [4.78, 5) is 4.73. The summed E-state index contributed by atoms with van der Waals surface area (Å²) in [7, 11) is 0. The molecule has 0 saturated heterocycles. The normalized spacial score (nSPS) is 15.8. The maximum Gasteiger partial charge on any atom is 0.140 e. The van der Waals surface area contributed by atoms with Crippen LogP contribution in [0, 0.1) is 0 Å². The summed E-state index contributed by atoms with van der Waals surface area (Å²) in [6, 6.07) is 14.3. The molecule has 1 aliphatic rings. The van der Waals surface area contributed by atoms with Crippen LogP contribution in [0.2, 0.25) is 5.02 Å². The van der Waals surface area contributed by atoms with E-state index in [1.54, 1.807) is 0 Å². The first-order valence-electron chi connectivity index (χ1n) is 8.57. The molecule has 1 aromatic carbocycles. The Hall–Kier alpha value is -1.97. The molecule has 4 rings (SSSR count). The van der Waals surface area contributed by atoms with Crippen LogP contribution in [-0.4, -0.2) is 15.4 Å². The molecule has 1 fully saturated rings. The highest BCUT2D eigenvalue weighted by molar-refractivity contribution is 6.51. The van der Waals surface area contributed by atoms with Crippen molar-refractivity contribution in [1.29, 1.82) is 0 Å². The van der Waals surface area contributed by atoms with E-state index in [1.165, 1.54) is 25.7 Å². The van der Waals surface area contributed by atoms with Crippen molar-refractivity contribution in [3.05, 3.63) is 64.9 Å². The number of pyridine rings is 1. The summed E-state index contributed by atoms with van der Waals surface area (Å²) in [5, 5.41) is 4.94. The van der Waals surface area contributed by atoms with Crippen LogP contribution >= 0.6 is 23.2 Å². The Labute approximate surface area is 157 Å². The van der Waals surface area contributed by atoms with Crippen molar-refractivity contribution in [1.82, 2.24) is 9.38 Å². The molecular weight excluding hydrogens is 353 g/mol. The van der Waals surface area contributed by atoms with Gasteiger partial charge in [0.25, 0.3) is 0 Å². The number of fused-ring (bicyclic) bond motifs is 1. The summed E-state index contributed by atoms with van der Waals surface area (Å²) < 4.78 is 2.00. The molecule has 0 radical (unpaired) electrons. The Morgan fingerprint density at radius 2 is 1.88 bits per heavy atom. The lowest BCUT2D eigenvalue weighted by atomic mass is 10.2. The fourth-order valence-corrected chi connectivity index (χ4v) is 3.77. The van der Waals surface area contributed by atoms with Crippen molar-refractivity contribution in [3.63, 3.8) is 0 Å². The minimum Gasteiger partial charge on any atom is -0.367 e. The van der Waals surface area contributed by atoms with Gasteiger partial charge in [0, 0.05) is 12.2 Å². The fraction of sp³-hybridized carbons (Fsp3) is 0.250. The fourth-order valence-electron chi connectivity index (χ4n) is 3.35. The zero-order valence-electron chi connectivity index (χ0n) is 13.8. The SMILES string of the molecule is Cl/C(=C\c1ccccc1)c1nc2ccc(Cl)cn2c1NC1CCCC1. The summed E-state index contributed by atoms with van der Waals surface area (Å²) in [6.45, 7) is 0. The summed E-state index contributed by atoms with van der Waals surface area (Å²) in [6.07, 6.45) is 8.71. The van der Waals surface area contributed by atoms with Crippen molar-refractivity contribution in [2.45, 2.75) is 31.7 Å². The maximum absolute atomic E-state index is 6.65. The molecule has 0 spiro atoms. The first-order valence-corrected chi connectivity index (χ1v) is 9.33. The monoisotopic (exact) mass is 371 g/mol. The average Bonchev–Trinajstić information content (AvgIpc) is 3.24. The molecule has 0 bridgehead atoms. The van der Waals surface area contributed by atoms with E-state index >= 15 is 0 Å². The molecule has 0 aliphatic heterocycles. The van der Waals surface area contributed by atoms with Gasteiger partial charge < -0.3 is 5.32 Å². The predicted molar refractivity (Wildman–Crippen MR) is 106 cm³/mol. The Bertz CT molecular complexity index is 909. The number of rotatable bonds is 4. The molecule has 0 unspecified atom stereocenters. The van der Waals surface area contributed by atoms with Crippen LogP contribution in [0.1, 0.15) is 36.9 Å². The van der Waals surface area contributed by atoms with Crippen molar-refractivity contribution >= 4 is 45.8 Å². The van der Waals surface area contributed by atoms with Gasteiger partial charge in [-0.05, 0) is 36.6 Å². The highest BCUT2D eigenvalue weighted by Crippen LogP contribution is 2.32. The molecule has 0 amide bonds. The average molecular weight is 372 g/mol. The maximum atomic E-state index is 6.65. The van der Waals surface area contributed by atoms with E-state index in [2.05, 4.69) is 5.32 Å². The van der Waals surface area contributed by atoms with Crippen molar-refractivity contribution in [3.8, 4) is 0 Å². The number of nitrogens with zero attached hydrogens (tertiary/aromatic N) is 2. The Morgan fingerprint density at radius 1 is 1.12 bits per heavy atom. The van der Waals surface area contributed by atoms with Crippen LogP contribution in [0.25, 0.3) is 16.8 Å². The highest BCUT2D eigenvalue weighted by Gasteiger charge is 2.21. The standard InChI is InChI=1S/C20H19Cl2N3/c21-15-10-11-18-24-19(17(22)12-14-6-2-1-3-7-14)20(25(18)13-15)23-16-8-4-5-9-16/h1-3,6-7,10-13,16,23H,4-5,8-9H2/b17-12-. The van der Waals surface area contributed by atoms with Gasteiger partial charge in [-0.25, -0.2) is 4.98 Å². The third kappa shape index (κ3) is 3.53. The van der Waals surface area contributed by atoms with Crippen molar-refractivity contribution < 1.29 is 0 Å². The topological polar surface area (TPSA) is 29.3 Å². The van der Waals surface area contributed by atoms with Crippen LogP contribution in [0.15, 0.2) is 48.7 Å². The minimum atomic E-state index is 0.457. The number of benzene rings is 1. The highest BCUT2D eigenvalue weighted by atomic mass is 35.5. The number of halogens is 2. The van der Waals surface area contributed by atoms with E-state index in [9.17, 15) is 0 Å². The van der Waals surface area contributed by atoms with Crippen LogP contribution < -0.4 is 5.32 Å². The first kappa shape index (κ1) is 16.5.